The van der Waals surface area contributed by atoms with Crippen molar-refractivity contribution in [2.24, 2.45) is 0 Å². The molecule has 0 atom stereocenters. The Balaban J connectivity index is 3.03. The number of aromatic nitrogens is 2. The number of carbonyl (C=O) groups excluding carboxylic acids is 1. The summed E-state index contributed by atoms with van der Waals surface area (Å²) in [5.74, 6) is -0.211. The van der Waals surface area contributed by atoms with E-state index in [-0.39, 0.29) is 11.8 Å². The summed E-state index contributed by atoms with van der Waals surface area (Å²) in [6.07, 6.45) is 0.743. The van der Waals surface area contributed by atoms with Crippen molar-refractivity contribution in [2.45, 2.75) is 40.0 Å². The van der Waals surface area contributed by atoms with Crippen molar-refractivity contribution in [3.05, 3.63) is 16.4 Å². The number of ketones is 1. The van der Waals surface area contributed by atoms with Gasteiger partial charge in [0.25, 0.3) is 0 Å². The van der Waals surface area contributed by atoms with Crippen molar-refractivity contribution >= 4 is 21.7 Å². The van der Waals surface area contributed by atoms with Crippen LogP contribution in [0.15, 0.2) is 10.7 Å². The Morgan fingerprint density at radius 3 is 2.39 bits per heavy atom. The lowest BCUT2D eigenvalue weighted by Crippen LogP contribution is -2.30. The summed E-state index contributed by atoms with van der Waals surface area (Å²) in [6.45, 7) is 8.43. The lowest BCUT2D eigenvalue weighted by Gasteiger charge is -2.17. The Morgan fingerprint density at radius 1 is 1.39 bits per heavy atom. The van der Waals surface area contributed by atoms with Gasteiger partial charge in [0.2, 0.25) is 12.1 Å². The summed E-state index contributed by atoms with van der Waals surface area (Å²) < 4.78 is 13.0. The molecule has 0 fully saturated rings. The summed E-state index contributed by atoms with van der Waals surface area (Å²) in [5, 5.41) is 4.18. The van der Waals surface area contributed by atoms with Crippen LogP contribution in [0.1, 0.15) is 44.2 Å². The molecule has 0 aromatic carbocycles. The van der Waals surface area contributed by atoms with Gasteiger partial charge in [0, 0.05) is 19.3 Å². The lowest BCUT2D eigenvalue weighted by molar-refractivity contribution is -0.107. The number of nitrogens with zero attached hydrogens (tertiary/aromatic N) is 2. The molecule has 6 heteroatoms. The molecule has 1 aromatic rings. The highest BCUT2D eigenvalue weighted by molar-refractivity contribution is 9.10. The molecule has 0 spiro atoms. The number of hydrogen-bond donors (Lipinski definition) is 0. The van der Waals surface area contributed by atoms with Gasteiger partial charge in [-0.25, -0.2) is 0 Å². The fourth-order valence-corrected chi connectivity index (χ4v) is 2.05. The van der Waals surface area contributed by atoms with Crippen LogP contribution in [0.2, 0.25) is 0 Å². The zero-order valence-electron chi connectivity index (χ0n) is 11.1. The molecular weight excluding hydrogens is 300 g/mol. The second-order valence-electron chi connectivity index (χ2n) is 3.99. The third-order valence-corrected chi connectivity index (χ3v) is 2.90. The zero-order valence-corrected chi connectivity index (χ0v) is 12.7. The predicted octanol–water partition coefficient (Wildman–Crippen LogP) is 2.81. The smallest absolute Gasteiger partial charge is 0.237 e. The van der Waals surface area contributed by atoms with Crippen LogP contribution in [0, 0.1) is 0 Å². The molecule has 0 aliphatic rings. The molecule has 0 radical (unpaired) electrons. The highest BCUT2D eigenvalue weighted by Gasteiger charge is 2.27. The quantitative estimate of drug-likeness (QED) is 0.573. The van der Waals surface area contributed by atoms with Gasteiger partial charge in [-0.1, -0.05) is 0 Å². The van der Waals surface area contributed by atoms with Crippen molar-refractivity contribution in [3.8, 4) is 0 Å². The lowest BCUT2D eigenvalue weighted by atomic mass is 10.2. The standard InChI is InChI=1S/C12H19BrN2O3/c1-5-17-12(18-6-2)11(16)10-9(13)7-14-15(10)8(3)4/h7-8,12H,5-6H2,1-4H3. The number of hydrogen-bond acceptors (Lipinski definition) is 4. The Morgan fingerprint density at radius 2 is 1.94 bits per heavy atom. The summed E-state index contributed by atoms with van der Waals surface area (Å²) in [6, 6.07) is 0.0964. The van der Waals surface area contributed by atoms with Gasteiger partial charge >= 0.3 is 0 Å². The van der Waals surface area contributed by atoms with E-state index in [1.165, 1.54) is 0 Å². The maximum absolute atomic E-state index is 12.4. The van der Waals surface area contributed by atoms with Gasteiger partial charge in [-0.15, -0.1) is 0 Å². The average molecular weight is 319 g/mol. The number of carbonyl (C=O) groups is 1. The van der Waals surface area contributed by atoms with E-state index in [4.69, 9.17) is 9.47 Å². The average Bonchev–Trinajstić information content (AvgIpc) is 2.70. The van der Waals surface area contributed by atoms with Crippen LogP contribution in [0.3, 0.4) is 0 Å². The maximum atomic E-state index is 12.4. The van der Waals surface area contributed by atoms with E-state index < -0.39 is 6.29 Å². The van der Waals surface area contributed by atoms with Gasteiger partial charge in [-0.2, -0.15) is 5.10 Å². The van der Waals surface area contributed by atoms with Crippen molar-refractivity contribution in [3.63, 3.8) is 0 Å². The van der Waals surface area contributed by atoms with Gasteiger partial charge in [0.1, 0.15) is 5.69 Å². The minimum atomic E-state index is -0.870. The first-order chi connectivity index (χ1) is 8.52. The van der Waals surface area contributed by atoms with Crippen LogP contribution in [0.4, 0.5) is 0 Å². The van der Waals surface area contributed by atoms with E-state index in [0.717, 1.165) is 0 Å². The normalized spacial score (nSPS) is 11.5. The van der Waals surface area contributed by atoms with E-state index in [9.17, 15) is 4.79 Å². The summed E-state index contributed by atoms with van der Waals surface area (Å²) in [7, 11) is 0. The molecule has 0 bridgehead atoms. The molecule has 0 unspecified atom stereocenters. The first-order valence-electron chi connectivity index (χ1n) is 6.03. The first kappa shape index (κ1) is 15.3. The molecule has 0 N–H and O–H groups in total. The fraction of sp³-hybridized carbons (Fsp3) is 0.667. The van der Waals surface area contributed by atoms with Crippen LogP contribution in [-0.4, -0.2) is 35.1 Å². The third kappa shape index (κ3) is 3.40. The Kier molecular flexibility index (Phi) is 5.98. The van der Waals surface area contributed by atoms with E-state index in [0.29, 0.717) is 23.4 Å². The first-order valence-corrected chi connectivity index (χ1v) is 6.82. The highest BCUT2D eigenvalue weighted by Crippen LogP contribution is 2.22. The SMILES string of the molecule is CCOC(OCC)C(=O)c1c(Br)cnn1C(C)C. The molecule has 0 saturated heterocycles. The number of Topliss-reactive ketones (excluding diaryl/α,β-unsaturated/α-hetero) is 1. The monoisotopic (exact) mass is 318 g/mol. The fourth-order valence-electron chi connectivity index (χ4n) is 1.58. The van der Waals surface area contributed by atoms with Crippen LogP contribution >= 0.6 is 15.9 Å². The Hall–Kier alpha value is -0.720. The Labute approximate surface area is 116 Å². The second kappa shape index (κ2) is 7.01. The molecule has 18 heavy (non-hydrogen) atoms. The molecule has 0 aliphatic heterocycles. The van der Waals surface area contributed by atoms with E-state index in [2.05, 4.69) is 21.0 Å². The van der Waals surface area contributed by atoms with Gasteiger partial charge in [0.15, 0.2) is 0 Å². The van der Waals surface area contributed by atoms with Crippen molar-refractivity contribution < 1.29 is 14.3 Å². The molecule has 0 amide bonds. The van der Waals surface area contributed by atoms with Crippen LogP contribution in [0.5, 0.6) is 0 Å². The molecule has 1 aromatic heterocycles. The molecule has 0 aliphatic carbocycles. The third-order valence-electron chi connectivity index (χ3n) is 2.32. The number of rotatable bonds is 7. The van der Waals surface area contributed by atoms with E-state index >= 15 is 0 Å². The molecule has 0 saturated carbocycles. The maximum Gasteiger partial charge on any atom is 0.237 e. The second-order valence-corrected chi connectivity index (χ2v) is 4.84. The van der Waals surface area contributed by atoms with E-state index in [1.807, 2.05) is 27.7 Å². The minimum absolute atomic E-state index is 0.0964. The van der Waals surface area contributed by atoms with Gasteiger partial charge in [-0.05, 0) is 43.6 Å². The number of ether oxygens (including phenoxy) is 2. The van der Waals surface area contributed by atoms with Gasteiger partial charge in [-0.3, -0.25) is 9.48 Å². The molecule has 102 valence electrons. The van der Waals surface area contributed by atoms with Gasteiger partial charge in [0.05, 0.1) is 10.7 Å². The summed E-state index contributed by atoms with van der Waals surface area (Å²) in [5.41, 5.74) is 0.483. The van der Waals surface area contributed by atoms with Crippen LogP contribution < -0.4 is 0 Å². The Bertz CT molecular complexity index is 398. The van der Waals surface area contributed by atoms with Crippen LogP contribution in [0.25, 0.3) is 0 Å². The highest BCUT2D eigenvalue weighted by atomic mass is 79.9. The zero-order chi connectivity index (χ0) is 13.7. The molecule has 1 rings (SSSR count). The largest absolute Gasteiger partial charge is 0.346 e. The van der Waals surface area contributed by atoms with E-state index in [1.54, 1.807) is 10.9 Å². The van der Waals surface area contributed by atoms with Crippen molar-refractivity contribution in [2.75, 3.05) is 13.2 Å². The topological polar surface area (TPSA) is 53.4 Å². The summed E-state index contributed by atoms with van der Waals surface area (Å²) in [4.78, 5) is 12.4. The molecule has 5 nitrogen and oxygen atoms in total. The van der Waals surface area contributed by atoms with Gasteiger partial charge < -0.3 is 9.47 Å². The molecule has 1 heterocycles. The predicted molar refractivity (Wildman–Crippen MR) is 71.7 cm³/mol. The summed E-state index contributed by atoms with van der Waals surface area (Å²) >= 11 is 3.34. The van der Waals surface area contributed by atoms with Crippen molar-refractivity contribution in [1.29, 1.82) is 0 Å². The van der Waals surface area contributed by atoms with Crippen molar-refractivity contribution in [1.82, 2.24) is 9.78 Å². The van der Waals surface area contributed by atoms with Crippen LogP contribution in [-0.2, 0) is 9.47 Å². The minimum Gasteiger partial charge on any atom is -0.346 e. The number of halogens is 1. The molecular formula is C12H19BrN2O3.